The number of hydrogen-bond acceptors (Lipinski definition) is 3. The minimum Gasteiger partial charge on any atom is -0.456 e. The quantitative estimate of drug-likeness (QED) is 0.164. The van der Waals surface area contributed by atoms with Crippen molar-refractivity contribution in [1.82, 2.24) is 0 Å². The second-order valence-corrected chi connectivity index (χ2v) is 14.5. The lowest BCUT2D eigenvalue weighted by Crippen LogP contribution is -2.09. The summed E-state index contributed by atoms with van der Waals surface area (Å²) in [5, 5.41) is 4.50. The molecule has 268 valence electrons. The Hall–Kier alpha value is -7.62. The third kappa shape index (κ3) is 5.85. The van der Waals surface area contributed by atoms with Gasteiger partial charge >= 0.3 is 0 Å². The maximum Gasteiger partial charge on any atom is 0.136 e. The number of anilines is 3. The molecule has 11 aromatic rings. The van der Waals surface area contributed by atoms with Crippen LogP contribution in [0.15, 0.2) is 221 Å². The summed E-state index contributed by atoms with van der Waals surface area (Å²) >= 11 is 0. The normalized spacial score (nSPS) is 11.5. The molecule has 3 heteroatoms. The highest BCUT2D eigenvalue weighted by Crippen LogP contribution is 2.41. The SMILES string of the molecule is c1ccc(N(c2ccccc2)c2cccc(-c3ccc(-c4ccc(-c5ccc6c(c5)oc5ccccc56)cc4-c4ccc5c(c4)oc4ccccc45)cc3)c2)cc1. The van der Waals surface area contributed by atoms with E-state index in [1.165, 1.54) is 0 Å². The Kier molecular flexibility index (Phi) is 7.82. The van der Waals surface area contributed by atoms with Crippen molar-refractivity contribution in [3.63, 3.8) is 0 Å². The van der Waals surface area contributed by atoms with E-state index in [1.807, 2.05) is 24.3 Å². The minimum atomic E-state index is 0.879. The molecule has 0 aliphatic carbocycles. The Morgan fingerprint density at radius 2 is 0.702 bits per heavy atom. The summed E-state index contributed by atoms with van der Waals surface area (Å²) in [6.07, 6.45) is 0. The zero-order chi connectivity index (χ0) is 37.7. The van der Waals surface area contributed by atoms with Gasteiger partial charge in [0.15, 0.2) is 0 Å². The van der Waals surface area contributed by atoms with Crippen LogP contribution in [-0.2, 0) is 0 Å². The first-order valence-corrected chi connectivity index (χ1v) is 19.3. The van der Waals surface area contributed by atoms with E-state index in [-0.39, 0.29) is 0 Å². The number of para-hydroxylation sites is 4. The van der Waals surface area contributed by atoms with Crippen LogP contribution in [0.4, 0.5) is 17.1 Å². The van der Waals surface area contributed by atoms with Gasteiger partial charge in [-0.15, -0.1) is 0 Å². The molecule has 9 aromatic carbocycles. The van der Waals surface area contributed by atoms with E-state index in [4.69, 9.17) is 8.83 Å². The summed E-state index contributed by atoms with van der Waals surface area (Å²) in [6, 6.07) is 75.2. The highest BCUT2D eigenvalue weighted by molar-refractivity contribution is 6.07. The van der Waals surface area contributed by atoms with Gasteiger partial charge in [0.1, 0.15) is 22.3 Å². The standard InChI is InChI=1S/C54H35NO2/c1-3-13-42(14-4-1)55(43-15-5-2-6-16-43)44-17-11-12-38(32-44)36-22-24-37(25-23-36)45-29-26-39(40-27-30-48-46-18-7-9-20-51(46)56-53(48)34-40)33-50(45)41-28-31-49-47-19-8-10-21-52(47)57-54(49)35-41/h1-35H. The molecule has 57 heavy (non-hydrogen) atoms. The molecule has 0 radical (unpaired) electrons. The third-order valence-electron chi connectivity index (χ3n) is 11.1. The van der Waals surface area contributed by atoms with Crippen LogP contribution < -0.4 is 4.90 Å². The highest BCUT2D eigenvalue weighted by atomic mass is 16.3. The maximum absolute atomic E-state index is 6.38. The van der Waals surface area contributed by atoms with Crippen molar-refractivity contribution >= 4 is 60.9 Å². The first-order chi connectivity index (χ1) is 28.2. The van der Waals surface area contributed by atoms with Crippen LogP contribution in [0.1, 0.15) is 0 Å². The largest absolute Gasteiger partial charge is 0.456 e. The summed E-state index contributed by atoms with van der Waals surface area (Å²) in [4.78, 5) is 2.30. The summed E-state index contributed by atoms with van der Waals surface area (Å²) in [7, 11) is 0. The van der Waals surface area contributed by atoms with Gasteiger partial charge in [-0.05, 0) is 123 Å². The zero-order valence-corrected chi connectivity index (χ0v) is 31.0. The molecule has 0 amide bonds. The molecule has 0 aliphatic rings. The first kappa shape index (κ1) is 32.8. The van der Waals surface area contributed by atoms with E-state index in [0.717, 1.165) is 105 Å². The zero-order valence-electron chi connectivity index (χ0n) is 31.0. The van der Waals surface area contributed by atoms with Crippen LogP contribution in [-0.4, -0.2) is 0 Å². The van der Waals surface area contributed by atoms with Crippen LogP contribution in [0.5, 0.6) is 0 Å². The lowest BCUT2D eigenvalue weighted by Gasteiger charge is -2.26. The van der Waals surface area contributed by atoms with Crippen molar-refractivity contribution in [2.45, 2.75) is 0 Å². The number of fused-ring (bicyclic) bond motifs is 6. The van der Waals surface area contributed by atoms with Crippen LogP contribution in [0.2, 0.25) is 0 Å². The van der Waals surface area contributed by atoms with E-state index in [9.17, 15) is 0 Å². The second-order valence-electron chi connectivity index (χ2n) is 14.5. The van der Waals surface area contributed by atoms with Crippen molar-refractivity contribution in [3.05, 3.63) is 212 Å². The van der Waals surface area contributed by atoms with Gasteiger partial charge in [0.05, 0.1) is 0 Å². The lowest BCUT2D eigenvalue weighted by atomic mass is 9.90. The van der Waals surface area contributed by atoms with Gasteiger partial charge < -0.3 is 13.7 Å². The molecular formula is C54H35NO2. The Labute approximate surface area is 330 Å². The summed E-state index contributed by atoms with van der Waals surface area (Å²) in [5.74, 6) is 0. The summed E-state index contributed by atoms with van der Waals surface area (Å²) < 4.78 is 12.7. The third-order valence-corrected chi connectivity index (χ3v) is 11.1. The van der Waals surface area contributed by atoms with Crippen LogP contribution in [0, 0.1) is 0 Å². The van der Waals surface area contributed by atoms with Gasteiger partial charge in [-0.2, -0.15) is 0 Å². The average molecular weight is 730 g/mol. The van der Waals surface area contributed by atoms with Gasteiger partial charge in [0.2, 0.25) is 0 Å². The first-order valence-electron chi connectivity index (χ1n) is 19.3. The minimum absolute atomic E-state index is 0.879. The summed E-state index contributed by atoms with van der Waals surface area (Å²) in [6.45, 7) is 0. The molecule has 2 heterocycles. The summed E-state index contributed by atoms with van der Waals surface area (Å²) in [5.41, 5.74) is 16.0. The van der Waals surface area contributed by atoms with E-state index in [0.29, 0.717) is 0 Å². The van der Waals surface area contributed by atoms with Gasteiger partial charge in [0, 0.05) is 38.6 Å². The number of furan rings is 2. The van der Waals surface area contributed by atoms with Gasteiger partial charge in [-0.1, -0.05) is 133 Å². The molecule has 3 nitrogen and oxygen atoms in total. The van der Waals surface area contributed by atoms with Crippen LogP contribution >= 0.6 is 0 Å². The fourth-order valence-corrected chi connectivity index (χ4v) is 8.28. The number of hydrogen-bond donors (Lipinski definition) is 0. The molecule has 11 rings (SSSR count). The maximum atomic E-state index is 6.38. The van der Waals surface area contributed by atoms with Gasteiger partial charge in [-0.3, -0.25) is 0 Å². The Morgan fingerprint density at radius 3 is 1.35 bits per heavy atom. The molecule has 0 atom stereocenters. The Bertz CT molecular complexity index is 3190. The Morgan fingerprint density at radius 1 is 0.246 bits per heavy atom. The average Bonchev–Trinajstić information content (AvgIpc) is 3.85. The van der Waals surface area contributed by atoms with Crippen molar-refractivity contribution in [2.75, 3.05) is 4.90 Å². The van der Waals surface area contributed by atoms with Gasteiger partial charge in [-0.25, -0.2) is 0 Å². The smallest absolute Gasteiger partial charge is 0.136 e. The van der Waals surface area contributed by atoms with Crippen molar-refractivity contribution in [1.29, 1.82) is 0 Å². The van der Waals surface area contributed by atoms with Gasteiger partial charge in [0.25, 0.3) is 0 Å². The topological polar surface area (TPSA) is 29.5 Å². The van der Waals surface area contributed by atoms with E-state index in [1.54, 1.807) is 0 Å². The number of nitrogens with zero attached hydrogens (tertiary/aromatic N) is 1. The second kappa shape index (κ2) is 13.6. The number of benzene rings is 9. The molecule has 0 spiro atoms. The monoisotopic (exact) mass is 729 g/mol. The van der Waals surface area contributed by atoms with E-state index < -0.39 is 0 Å². The number of rotatable bonds is 7. The van der Waals surface area contributed by atoms with Crippen LogP contribution in [0.3, 0.4) is 0 Å². The molecule has 2 aromatic heterocycles. The van der Waals surface area contributed by atoms with Crippen molar-refractivity contribution in [3.8, 4) is 44.5 Å². The molecule has 0 bridgehead atoms. The van der Waals surface area contributed by atoms with Crippen molar-refractivity contribution < 1.29 is 8.83 Å². The molecule has 0 fully saturated rings. The molecule has 0 saturated carbocycles. The Balaban J connectivity index is 1.00. The fourth-order valence-electron chi connectivity index (χ4n) is 8.28. The molecule has 0 saturated heterocycles. The molecule has 0 aliphatic heterocycles. The van der Waals surface area contributed by atoms with E-state index >= 15 is 0 Å². The highest BCUT2D eigenvalue weighted by Gasteiger charge is 2.16. The van der Waals surface area contributed by atoms with E-state index in [2.05, 4.69) is 193 Å². The predicted octanol–water partition coefficient (Wildman–Crippen LogP) is 15.6. The molecule has 0 N–H and O–H groups in total. The molecule has 0 unspecified atom stereocenters. The lowest BCUT2D eigenvalue weighted by molar-refractivity contribution is 0.668. The predicted molar refractivity (Wildman–Crippen MR) is 237 cm³/mol. The van der Waals surface area contributed by atoms with Crippen molar-refractivity contribution in [2.24, 2.45) is 0 Å². The molecular weight excluding hydrogens is 695 g/mol. The van der Waals surface area contributed by atoms with Crippen LogP contribution in [0.25, 0.3) is 88.4 Å². The fraction of sp³-hybridized carbons (Fsp3) is 0.